The highest BCUT2D eigenvalue weighted by atomic mass is 79.9. The Hall–Kier alpha value is -3.24. The van der Waals surface area contributed by atoms with E-state index >= 15 is 0 Å². The Labute approximate surface area is 228 Å². The number of rotatable bonds is 8. The number of methoxy groups -OCH3 is 1. The Balaban J connectivity index is 1.56. The molecular formula is C27H28BrN3O5S. The van der Waals surface area contributed by atoms with E-state index in [1.54, 1.807) is 13.0 Å². The summed E-state index contributed by atoms with van der Waals surface area (Å²) < 4.78 is 17.7. The van der Waals surface area contributed by atoms with Crippen molar-refractivity contribution in [2.24, 2.45) is 4.99 Å². The first-order valence-electron chi connectivity index (χ1n) is 11.7. The van der Waals surface area contributed by atoms with E-state index in [9.17, 15) is 9.59 Å². The molecule has 0 unspecified atom stereocenters. The third-order valence-corrected chi connectivity index (χ3v) is 7.17. The highest BCUT2D eigenvalue weighted by molar-refractivity contribution is 9.10. The minimum absolute atomic E-state index is 0.191. The molecule has 0 aromatic heterocycles. The van der Waals surface area contributed by atoms with Gasteiger partial charge in [0.15, 0.2) is 23.3 Å². The summed E-state index contributed by atoms with van der Waals surface area (Å²) in [5.41, 5.74) is 4.55. The molecule has 2 aliphatic rings. The standard InChI is InChI=1S/C27H28BrN3O5S/c1-6-35-26(33)23-17(4)29-27-31(9-10-37-27)25(23)18-7-8-20(21(13-18)34-5)36-14-22(32)30-24-15(2)11-19(28)12-16(24)3/h7-13,25H,6,14H2,1-5H3,(H,30,32)/t25-/m1/s1. The van der Waals surface area contributed by atoms with Crippen molar-refractivity contribution in [2.75, 3.05) is 25.6 Å². The van der Waals surface area contributed by atoms with E-state index in [0.29, 0.717) is 22.8 Å². The maximum atomic E-state index is 12.9. The molecule has 2 aliphatic heterocycles. The van der Waals surface area contributed by atoms with Gasteiger partial charge in [-0.25, -0.2) is 9.79 Å². The monoisotopic (exact) mass is 585 g/mol. The lowest BCUT2D eigenvalue weighted by atomic mass is 9.94. The number of aryl methyl sites for hydroxylation is 2. The summed E-state index contributed by atoms with van der Waals surface area (Å²) in [5.74, 6) is 0.171. The second-order valence-corrected chi connectivity index (χ2v) is 10.3. The predicted molar refractivity (Wildman–Crippen MR) is 149 cm³/mol. The fourth-order valence-corrected chi connectivity index (χ4v) is 5.78. The first-order valence-corrected chi connectivity index (χ1v) is 13.4. The Morgan fingerprint density at radius 2 is 1.86 bits per heavy atom. The van der Waals surface area contributed by atoms with E-state index in [2.05, 4.69) is 26.2 Å². The molecule has 1 N–H and O–H groups in total. The number of amides is 1. The maximum absolute atomic E-state index is 12.9. The van der Waals surface area contributed by atoms with Gasteiger partial charge in [-0.15, -0.1) is 0 Å². The van der Waals surface area contributed by atoms with E-state index in [1.807, 2.05) is 61.5 Å². The SMILES string of the molecule is CCOC(=O)C1=C(C)N=C2SC=CN2[C@@H]1c1ccc(OCC(=O)Nc2c(C)cc(Br)cc2C)c(OC)c1. The molecule has 2 heterocycles. The van der Waals surface area contributed by atoms with Crippen LogP contribution in [0, 0.1) is 13.8 Å². The minimum atomic E-state index is -0.438. The number of thioether (sulfide) groups is 1. The van der Waals surface area contributed by atoms with Crippen LogP contribution >= 0.6 is 27.7 Å². The first-order chi connectivity index (χ1) is 17.7. The number of ether oxygens (including phenoxy) is 3. The van der Waals surface area contributed by atoms with Crippen molar-refractivity contribution in [1.82, 2.24) is 4.90 Å². The van der Waals surface area contributed by atoms with Gasteiger partial charge in [-0.3, -0.25) is 4.79 Å². The second kappa shape index (κ2) is 11.4. The molecule has 2 aromatic carbocycles. The number of nitrogens with one attached hydrogen (secondary N) is 1. The number of amidine groups is 1. The largest absolute Gasteiger partial charge is 0.493 e. The normalized spacial score (nSPS) is 16.3. The highest BCUT2D eigenvalue weighted by Gasteiger charge is 2.37. The number of fused-ring (bicyclic) bond motifs is 1. The molecule has 194 valence electrons. The lowest BCUT2D eigenvalue weighted by Gasteiger charge is -2.33. The van der Waals surface area contributed by atoms with Crippen LogP contribution in [0.4, 0.5) is 5.69 Å². The summed E-state index contributed by atoms with van der Waals surface area (Å²) in [6.45, 7) is 7.53. The Bertz CT molecular complexity index is 1310. The highest BCUT2D eigenvalue weighted by Crippen LogP contribution is 2.43. The maximum Gasteiger partial charge on any atom is 0.338 e. The number of aliphatic imine (C=N–C) groups is 1. The summed E-state index contributed by atoms with van der Waals surface area (Å²) in [4.78, 5) is 32.1. The van der Waals surface area contributed by atoms with Gasteiger partial charge in [0.25, 0.3) is 5.91 Å². The van der Waals surface area contributed by atoms with Crippen LogP contribution in [0.15, 0.2) is 62.7 Å². The molecule has 1 amide bonds. The summed E-state index contributed by atoms with van der Waals surface area (Å²) in [7, 11) is 1.54. The molecule has 0 saturated carbocycles. The molecule has 0 fully saturated rings. The zero-order valence-electron chi connectivity index (χ0n) is 21.3. The number of halogens is 1. The molecule has 10 heteroatoms. The van der Waals surface area contributed by atoms with Crippen LogP contribution in [-0.4, -0.2) is 42.3 Å². The van der Waals surface area contributed by atoms with Gasteiger partial charge in [-0.2, -0.15) is 0 Å². The lowest BCUT2D eigenvalue weighted by molar-refractivity contribution is -0.139. The number of esters is 1. The quantitative estimate of drug-likeness (QED) is 0.388. The van der Waals surface area contributed by atoms with Gasteiger partial charge in [-0.05, 0) is 74.1 Å². The number of benzene rings is 2. The van der Waals surface area contributed by atoms with Crippen molar-refractivity contribution < 1.29 is 23.8 Å². The molecule has 8 nitrogen and oxygen atoms in total. The van der Waals surface area contributed by atoms with Crippen LogP contribution in [-0.2, 0) is 14.3 Å². The van der Waals surface area contributed by atoms with Gasteiger partial charge in [-0.1, -0.05) is 33.8 Å². The number of hydrogen-bond donors (Lipinski definition) is 1. The summed E-state index contributed by atoms with van der Waals surface area (Å²) >= 11 is 4.96. The molecule has 0 aliphatic carbocycles. The van der Waals surface area contributed by atoms with E-state index in [-0.39, 0.29) is 19.1 Å². The number of anilines is 1. The molecule has 0 spiro atoms. The molecule has 37 heavy (non-hydrogen) atoms. The summed E-state index contributed by atoms with van der Waals surface area (Å²) in [6, 6.07) is 8.87. The summed E-state index contributed by atoms with van der Waals surface area (Å²) in [6.07, 6.45) is 1.90. The van der Waals surface area contributed by atoms with Crippen molar-refractivity contribution in [1.29, 1.82) is 0 Å². The third kappa shape index (κ3) is 5.70. The molecule has 0 bridgehead atoms. The van der Waals surface area contributed by atoms with Gasteiger partial charge in [0.05, 0.1) is 31.0 Å². The average molecular weight is 587 g/mol. The number of hydrogen-bond acceptors (Lipinski definition) is 8. The Morgan fingerprint density at radius 3 is 2.54 bits per heavy atom. The molecule has 4 rings (SSSR count). The van der Waals surface area contributed by atoms with E-state index in [4.69, 9.17) is 14.2 Å². The lowest BCUT2D eigenvalue weighted by Crippen LogP contribution is -2.34. The average Bonchev–Trinajstić information content (AvgIpc) is 3.32. The van der Waals surface area contributed by atoms with Crippen LogP contribution < -0.4 is 14.8 Å². The van der Waals surface area contributed by atoms with Gasteiger partial charge in [0.1, 0.15) is 0 Å². The van der Waals surface area contributed by atoms with E-state index < -0.39 is 12.0 Å². The van der Waals surface area contributed by atoms with E-state index in [1.165, 1.54) is 18.9 Å². The first kappa shape index (κ1) is 26.8. The molecule has 1 atom stereocenters. The van der Waals surface area contributed by atoms with Crippen LogP contribution in [0.1, 0.15) is 36.6 Å². The number of nitrogens with zero attached hydrogens (tertiary/aromatic N) is 2. The number of carbonyl (C=O) groups is 2. The zero-order valence-corrected chi connectivity index (χ0v) is 23.7. The van der Waals surface area contributed by atoms with Crippen LogP contribution in [0.2, 0.25) is 0 Å². The zero-order chi connectivity index (χ0) is 26.7. The van der Waals surface area contributed by atoms with Crippen molar-refractivity contribution in [3.8, 4) is 11.5 Å². The molecule has 0 saturated heterocycles. The van der Waals surface area contributed by atoms with Gasteiger partial charge in [0, 0.05) is 16.4 Å². The van der Waals surface area contributed by atoms with E-state index in [0.717, 1.165) is 32.0 Å². The van der Waals surface area contributed by atoms with Crippen LogP contribution in [0.3, 0.4) is 0 Å². The third-order valence-electron chi connectivity index (χ3n) is 5.94. The molecule has 2 aromatic rings. The van der Waals surface area contributed by atoms with Crippen molar-refractivity contribution >= 4 is 50.4 Å². The van der Waals surface area contributed by atoms with Crippen molar-refractivity contribution in [2.45, 2.75) is 33.7 Å². The smallest absolute Gasteiger partial charge is 0.338 e. The number of allylic oxidation sites excluding steroid dienone is 1. The Morgan fingerprint density at radius 1 is 1.14 bits per heavy atom. The Kier molecular flexibility index (Phi) is 8.29. The van der Waals surface area contributed by atoms with Crippen molar-refractivity contribution in [3.05, 3.63) is 74.4 Å². The molecular weight excluding hydrogens is 558 g/mol. The summed E-state index contributed by atoms with van der Waals surface area (Å²) in [5, 5.41) is 5.63. The van der Waals surface area contributed by atoms with Crippen LogP contribution in [0.25, 0.3) is 0 Å². The predicted octanol–water partition coefficient (Wildman–Crippen LogP) is 5.86. The topological polar surface area (TPSA) is 89.5 Å². The van der Waals surface area contributed by atoms with Crippen molar-refractivity contribution in [3.63, 3.8) is 0 Å². The van der Waals surface area contributed by atoms with Gasteiger partial charge in [0.2, 0.25) is 0 Å². The molecule has 0 radical (unpaired) electrons. The second-order valence-electron chi connectivity index (χ2n) is 8.49. The fourth-order valence-electron chi connectivity index (χ4n) is 4.30. The van der Waals surface area contributed by atoms with Crippen LogP contribution in [0.5, 0.6) is 11.5 Å². The van der Waals surface area contributed by atoms with Gasteiger partial charge >= 0.3 is 5.97 Å². The minimum Gasteiger partial charge on any atom is -0.493 e. The van der Waals surface area contributed by atoms with Gasteiger partial charge < -0.3 is 24.4 Å². The number of carbonyl (C=O) groups excluding carboxylic acids is 2. The fraction of sp³-hybridized carbons (Fsp3) is 0.296.